The molecule has 1 amide bonds. The molecule has 0 saturated heterocycles. The molecule has 5 rings (SSSR count). The number of aliphatic imine (C=N–C) groups is 1. The Hall–Kier alpha value is -3.50. The Morgan fingerprint density at radius 3 is 2.86 bits per heavy atom. The van der Waals surface area contributed by atoms with Crippen LogP contribution in [0.15, 0.2) is 67.0 Å². The summed E-state index contributed by atoms with van der Waals surface area (Å²) in [6.07, 6.45) is 7.16. The minimum atomic E-state index is -0.447. The van der Waals surface area contributed by atoms with Crippen molar-refractivity contribution in [2.45, 2.75) is 32.2 Å². The number of carbonyl (C=O) groups excluding carboxylic acids is 1. The molecule has 0 unspecified atom stereocenters. The molecule has 0 bridgehead atoms. The summed E-state index contributed by atoms with van der Waals surface area (Å²) in [4.78, 5) is 29.5. The normalized spacial score (nSPS) is 13.2. The van der Waals surface area contributed by atoms with Crippen LogP contribution in [0.5, 0.6) is 0 Å². The molecule has 10 heteroatoms. The van der Waals surface area contributed by atoms with E-state index in [1.165, 1.54) is 17.0 Å². The standard InChI is InChI=1S/C25H20BrN3O5S/c26-20-12-15(29(31)32)7-9-18(20)21-10-8-17(34-21)14-28-25-23(19-5-1-2-6-22(19)35-25)24(30)27-13-16-4-3-11-33-16/h3-4,7-12,14H,1-2,5-6,13H2,(H,27,30). The first-order valence-electron chi connectivity index (χ1n) is 11.0. The second-order valence-electron chi connectivity index (χ2n) is 8.03. The number of hydrogen-bond acceptors (Lipinski definition) is 7. The number of hydrogen-bond donors (Lipinski definition) is 1. The first-order valence-corrected chi connectivity index (χ1v) is 12.6. The van der Waals surface area contributed by atoms with Crippen LogP contribution in [-0.2, 0) is 19.4 Å². The van der Waals surface area contributed by atoms with Gasteiger partial charge in [0.15, 0.2) is 0 Å². The lowest BCUT2D eigenvalue weighted by molar-refractivity contribution is -0.384. The average Bonchev–Trinajstić information content (AvgIpc) is 3.61. The van der Waals surface area contributed by atoms with Crippen molar-refractivity contribution in [1.29, 1.82) is 0 Å². The maximum absolute atomic E-state index is 13.1. The van der Waals surface area contributed by atoms with Gasteiger partial charge >= 0.3 is 0 Å². The Morgan fingerprint density at radius 1 is 1.23 bits per heavy atom. The van der Waals surface area contributed by atoms with Crippen LogP contribution in [0.25, 0.3) is 11.3 Å². The zero-order valence-corrected chi connectivity index (χ0v) is 20.9. The number of nitrogens with one attached hydrogen (secondary N) is 1. The number of fused-ring (bicyclic) bond motifs is 1. The molecule has 0 spiro atoms. The van der Waals surface area contributed by atoms with Gasteiger partial charge < -0.3 is 14.2 Å². The molecule has 3 heterocycles. The Morgan fingerprint density at radius 2 is 2.09 bits per heavy atom. The van der Waals surface area contributed by atoms with Crippen molar-refractivity contribution in [3.63, 3.8) is 0 Å². The molecule has 4 aromatic rings. The van der Waals surface area contributed by atoms with Crippen LogP contribution in [0.2, 0.25) is 0 Å². The number of thiophene rings is 1. The molecule has 0 radical (unpaired) electrons. The maximum atomic E-state index is 13.1. The number of nitro benzene ring substituents is 1. The molecule has 0 aliphatic heterocycles. The third-order valence-corrected chi connectivity index (χ3v) is 7.60. The van der Waals surface area contributed by atoms with Gasteiger partial charge in [0.2, 0.25) is 0 Å². The zero-order chi connectivity index (χ0) is 24.4. The molecular weight excluding hydrogens is 534 g/mol. The van der Waals surface area contributed by atoms with Crippen molar-refractivity contribution >= 4 is 50.1 Å². The van der Waals surface area contributed by atoms with Gasteiger partial charge in [0.25, 0.3) is 11.6 Å². The van der Waals surface area contributed by atoms with Crippen LogP contribution in [0.4, 0.5) is 10.7 Å². The fraction of sp³-hybridized carbons (Fsp3) is 0.200. The van der Waals surface area contributed by atoms with Gasteiger partial charge in [0, 0.05) is 27.0 Å². The minimum Gasteiger partial charge on any atom is -0.467 e. The van der Waals surface area contributed by atoms with Crippen molar-refractivity contribution in [3.8, 4) is 11.3 Å². The summed E-state index contributed by atoms with van der Waals surface area (Å²) >= 11 is 4.92. The van der Waals surface area contributed by atoms with Crippen LogP contribution in [0.1, 0.15) is 45.2 Å². The van der Waals surface area contributed by atoms with Crippen LogP contribution in [-0.4, -0.2) is 17.0 Å². The van der Waals surface area contributed by atoms with Gasteiger partial charge in [-0.25, -0.2) is 4.99 Å². The number of nitro groups is 1. The van der Waals surface area contributed by atoms with E-state index in [0.29, 0.717) is 44.4 Å². The molecule has 0 saturated carbocycles. The molecule has 178 valence electrons. The second kappa shape index (κ2) is 10.0. The Bertz CT molecular complexity index is 1420. The predicted molar refractivity (Wildman–Crippen MR) is 137 cm³/mol. The van der Waals surface area contributed by atoms with Crippen molar-refractivity contribution in [3.05, 3.63) is 90.8 Å². The summed E-state index contributed by atoms with van der Waals surface area (Å²) in [5.74, 6) is 1.59. The van der Waals surface area contributed by atoms with E-state index >= 15 is 0 Å². The highest BCUT2D eigenvalue weighted by Gasteiger charge is 2.25. The van der Waals surface area contributed by atoms with Crippen molar-refractivity contribution in [2.24, 2.45) is 4.99 Å². The molecule has 35 heavy (non-hydrogen) atoms. The minimum absolute atomic E-state index is 0.00603. The quantitative estimate of drug-likeness (QED) is 0.153. The fourth-order valence-electron chi connectivity index (χ4n) is 4.05. The molecule has 0 fully saturated rings. The van der Waals surface area contributed by atoms with E-state index in [9.17, 15) is 14.9 Å². The smallest absolute Gasteiger partial charge is 0.270 e. The van der Waals surface area contributed by atoms with Crippen molar-refractivity contribution in [2.75, 3.05) is 0 Å². The maximum Gasteiger partial charge on any atom is 0.270 e. The van der Waals surface area contributed by atoms with Crippen molar-refractivity contribution in [1.82, 2.24) is 5.32 Å². The summed E-state index contributed by atoms with van der Waals surface area (Å²) in [6.45, 7) is 0.311. The molecule has 8 nitrogen and oxygen atoms in total. The largest absolute Gasteiger partial charge is 0.467 e. The van der Waals surface area contributed by atoms with Gasteiger partial charge in [-0.1, -0.05) is 0 Å². The monoisotopic (exact) mass is 553 g/mol. The Balaban J connectivity index is 1.39. The van der Waals surface area contributed by atoms with Gasteiger partial charge in [0.05, 0.1) is 29.5 Å². The molecule has 3 aromatic heterocycles. The van der Waals surface area contributed by atoms with Gasteiger partial charge in [-0.15, -0.1) is 11.3 Å². The van der Waals surface area contributed by atoms with E-state index in [4.69, 9.17) is 8.83 Å². The zero-order valence-electron chi connectivity index (χ0n) is 18.5. The number of halogens is 1. The number of aryl methyl sites for hydroxylation is 1. The lowest BCUT2D eigenvalue weighted by Crippen LogP contribution is -2.23. The first kappa shape index (κ1) is 23.3. The Kier molecular flexibility index (Phi) is 6.65. The summed E-state index contributed by atoms with van der Waals surface area (Å²) < 4.78 is 11.8. The third-order valence-electron chi connectivity index (χ3n) is 5.75. The van der Waals surface area contributed by atoms with Crippen LogP contribution in [0, 0.1) is 10.1 Å². The van der Waals surface area contributed by atoms with Crippen LogP contribution >= 0.6 is 27.3 Å². The second-order valence-corrected chi connectivity index (χ2v) is 9.97. The van der Waals surface area contributed by atoms with E-state index in [1.54, 1.807) is 48.1 Å². The third kappa shape index (κ3) is 4.98. The fourth-order valence-corrected chi connectivity index (χ4v) is 5.84. The molecule has 0 atom stereocenters. The Labute approximate surface area is 213 Å². The topological polar surface area (TPSA) is 111 Å². The van der Waals surface area contributed by atoms with E-state index < -0.39 is 4.92 Å². The molecule has 1 aliphatic carbocycles. The van der Waals surface area contributed by atoms with Crippen molar-refractivity contribution < 1.29 is 18.6 Å². The number of non-ortho nitro benzene ring substituents is 1. The van der Waals surface area contributed by atoms with E-state index in [0.717, 1.165) is 31.2 Å². The first-order chi connectivity index (χ1) is 17.0. The molecule has 1 N–H and O–H groups in total. The van der Waals surface area contributed by atoms with Gasteiger partial charge in [-0.2, -0.15) is 0 Å². The van der Waals surface area contributed by atoms with E-state index in [-0.39, 0.29) is 11.6 Å². The SMILES string of the molecule is O=C(NCc1ccco1)c1c(N=Cc2ccc(-c3ccc([N+](=O)[O-])cc3Br)o2)sc2c1CCCC2. The van der Waals surface area contributed by atoms with Gasteiger partial charge in [0.1, 0.15) is 22.3 Å². The van der Waals surface area contributed by atoms with Gasteiger partial charge in [-0.3, -0.25) is 14.9 Å². The predicted octanol–water partition coefficient (Wildman–Crippen LogP) is 6.83. The summed E-state index contributed by atoms with van der Waals surface area (Å²) in [5.41, 5.74) is 2.39. The highest BCUT2D eigenvalue weighted by Crippen LogP contribution is 2.40. The average molecular weight is 554 g/mol. The number of carbonyl (C=O) groups is 1. The summed E-state index contributed by atoms with van der Waals surface area (Å²) in [5, 5.41) is 14.6. The lowest BCUT2D eigenvalue weighted by Gasteiger charge is -2.12. The summed E-state index contributed by atoms with van der Waals surface area (Å²) in [7, 11) is 0. The van der Waals surface area contributed by atoms with Gasteiger partial charge in [-0.05, 0) is 77.5 Å². The highest BCUT2D eigenvalue weighted by atomic mass is 79.9. The molecular formula is C25H20BrN3O5S. The van der Waals surface area contributed by atoms with E-state index in [2.05, 4.69) is 26.2 Å². The number of benzene rings is 1. The van der Waals surface area contributed by atoms with E-state index in [1.807, 2.05) is 6.07 Å². The molecule has 1 aromatic carbocycles. The number of nitrogens with zero attached hydrogens (tertiary/aromatic N) is 2. The number of furan rings is 2. The highest BCUT2D eigenvalue weighted by molar-refractivity contribution is 9.10. The van der Waals surface area contributed by atoms with Crippen LogP contribution < -0.4 is 5.32 Å². The molecule has 1 aliphatic rings. The van der Waals surface area contributed by atoms with Crippen LogP contribution in [0.3, 0.4) is 0 Å². The lowest BCUT2D eigenvalue weighted by atomic mass is 9.95. The number of rotatable bonds is 7. The number of amides is 1. The summed E-state index contributed by atoms with van der Waals surface area (Å²) in [6, 6.07) is 11.7.